The summed E-state index contributed by atoms with van der Waals surface area (Å²) in [5, 5.41) is 9.56. The summed E-state index contributed by atoms with van der Waals surface area (Å²) in [7, 11) is 0. The second-order valence-corrected chi connectivity index (χ2v) is 6.78. The molecule has 128 valence electrons. The fourth-order valence-corrected chi connectivity index (χ4v) is 3.46. The average Bonchev–Trinajstić information content (AvgIpc) is 3.07. The molecule has 25 heavy (non-hydrogen) atoms. The van der Waals surface area contributed by atoms with Crippen LogP contribution in [0.5, 0.6) is 0 Å². The lowest BCUT2D eigenvalue weighted by atomic mass is 10.1. The van der Waals surface area contributed by atoms with Crippen molar-refractivity contribution in [2.45, 2.75) is 24.4 Å². The zero-order valence-corrected chi connectivity index (χ0v) is 14.6. The molecule has 2 aromatic carbocycles. The average molecular weight is 352 g/mol. The van der Waals surface area contributed by atoms with Crippen LogP contribution in [0.2, 0.25) is 0 Å². The van der Waals surface area contributed by atoms with E-state index in [4.69, 9.17) is 10.1 Å². The van der Waals surface area contributed by atoms with Crippen molar-refractivity contribution < 1.29 is 9.90 Å². The van der Waals surface area contributed by atoms with Gasteiger partial charge in [0.1, 0.15) is 0 Å². The molecule has 0 atom stereocenters. The number of carboxylic acids is 1. The molecule has 0 aliphatic rings. The molecule has 0 radical (unpaired) electrons. The fourth-order valence-electron chi connectivity index (χ4n) is 2.59. The van der Waals surface area contributed by atoms with Crippen LogP contribution in [0.1, 0.15) is 19.3 Å². The third-order valence-electron chi connectivity index (χ3n) is 3.82. The van der Waals surface area contributed by atoms with Crippen molar-refractivity contribution in [3.63, 3.8) is 0 Å². The Bertz CT molecular complexity index is 759. The number of hydrogen-bond donors (Lipinski definition) is 2. The van der Waals surface area contributed by atoms with Crippen molar-refractivity contribution in [1.29, 1.82) is 0 Å². The second-order valence-electron chi connectivity index (χ2n) is 5.70. The van der Waals surface area contributed by atoms with Crippen molar-refractivity contribution in [1.82, 2.24) is 9.97 Å². The highest BCUT2D eigenvalue weighted by molar-refractivity contribution is 7.99. The molecule has 0 amide bonds. The van der Waals surface area contributed by atoms with Gasteiger partial charge in [0.25, 0.3) is 0 Å². The Labute approximate surface area is 151 Å². The van der Waals surface area contributed by atoms with Gasteiger partial charge in [-0.25, -0.2) is 4.98 Å². The predicted molar refractivity (Wildman–Crippen MR) is 102 cm³/mol. The van der Waals surface area contributed by atoms with Gasteiger partial charge < -0.3 is 10.1 Å². The minimum Gasteiger partial charge on any atom is -0.481 e. The summed E-state index contributed by atoms with van der Waals surface area (Å²) >= 11 is 1.64. The van der Waals surface area contributed by atoms with Crippen molar-refractivity contribution in [2.75, 3.05) is 5.75 Å². The van der Waals surface area contributed by atoms with Gasteiger partial charge in [0.15, 0.2) is 5.16 Å². The lowest BCUT2D eigenvalue weighted by Gasteiger charge is -2.02. The first-order valence-electron chi connectivity index (χ1n) is 8.29. The Morgan fingerprint density at radius 1 is 0.960 bits per heavy atom. The molecular formula is C20H20N2O2S. The van der Waals surface area contributed by atoms with Gasteiger partial charge in [-0.1, -0.05) is 72.4 Å². The van der Waals surface area contributed by atoms with Crippen molar-refractivity contribution in [2.24, 2.45) is 0 Å². The Hall–Kier alpha value is -2.53. The van der Waals surface area contributed by atoms with Crippen molar-refractivity contribution in [3.8, 4) is 22.5 Å². The topological polar surface area (TPSA) is 66.0 Å². The van der Waals surface area contributed by atoms with Gasteiger partial charge in [-0.3, -0.25) is 4.79 Å². The van der Waals surface area contributed by atoms with Crippen molar-refractivity contribution in [3.05, 3.63) is 60.7 Å². The summed E-state index contributed by atoms with van der Waals surface area (Å²) in [6, 6.07) is 20.3. The van der Waals surface area contributed by atoms with Gasteiger partial charge in [-0.15, -0.1) is 0 Å². The summed E-state index contributed by atoms with van der Waals surface area (Å²) in [5.41, 5.74) is 4.14. The van der Waals surface area contributed by atoms with Crippen LogP contribution in [0.25, 0.3) is 22.5 Å². The summed E-state index contributed by atoms with van der Waals surface area (Å²) in [4.78, 5) is 18.8. The summed E-state index contributed by atoms with van der Waals surface area (Å²) in [6.07, 6.45) is 1.78. The van der Waals surface area contributed by atoms with Crippen LogP contribution in [-0.2, 0) is 4.79 Å². The van der Waals surface area contributed by atoms with E-state index < -0.39 is 5.97 Å². The number of H-pyrrole nitrogens is 1. The standard InChI is InChI=1S/C20H20N2O2S/c23-17(24)13-7-8-14-25-20-21-18(15-9-3-1-4-10-15)19(22-20)16-11-5-2-6-12-16/h1-6,9-12H,7-8,13-14H2,(H,21,22)(H,23,24). The number of rotatable bonds is 8. The number of unbranched alkanes of at least 4 members (excludes halogenated alkanes) is 1. The number of carboxylic acid groups (broad SMARTS) is 1. The van der Waals surface area contributed by atoms with Crippen LogP contribution >= 0.6 is 11.8 Å². The van der Waals surface area contributed by atoms with Crippen LogP contribution < -0.4 is 0 Å². The molecule has 0 aliphatic carbocycles. The van der Waals surface area contributed by atoms with Crippen LogP contribution in [0.3, 0.4) is 0 Å². The van der Waals surface area contributed by atoms with E-state index in [0.717, 1.165) is 39.8 Å². The summed E-state index contributed by atoms with van der Waals surface area (Å²) in [5.74, 6) is 0.115. The van der Waals surface area contributed by atoms with Gasteiger partial charge in [0.2, 0.25) is 0 Å². The number of aliphatic carboxylic acids is 1. The van der Waals surface area contributed by atoms with Gasteiger partial charge in [0, 0.05) is 23.3 Å². The summed E-state index contributed by atoms with van der Waals surface area (Å²) < 4.78 is 0. The maximum atomic E-state index is 10.6. The molecule has 1 heterocycles. The number of hydrogen-bond acceptors (Lipinski definition) is 3. The van der Waals surface area contributed by atoms with E-state index in [0.29, 0.717) is 6.42 Å². The summed E-state index contributed by atoms with van der Waals surface area (Å²) in [6.45, 7) is 0. The Kier molecular flexibility index (Phi) is 5.90. The number of aromatic nitrogens is 2. The first-order chi connectivity index (χ1) is 12.2. The number of benzene rings is 2. The number of aromatic amines is 1. The monoisotopic (exact) mass is 352 g/mol. The highest BCUT2D eigenvalue weighted by atomic mass is 32.2. The van der Waals surface area contributed by atoms with E-state index in [1.54, 1.807) is 11.8 Å². The molecule has 1 aromatic heterocycles. The molecule has 0 bridgehead atoms. The Morgan fingerprint density at radius 2 is 1.60 bits per heavy atom. The largest absolute Gasteiger partial charge is 0.481 e. The lowest BCUT2D eigenvalue weighted by Crippen LogP contribution is -1.94. The molecular weight excluding hydrogens is 332 g/mol. The molecule has 2 N–H and O–H groups in total. The first-order valence-corrected chi connectivity index (χ1v) is 9.28. The SMILES string of the molecule is O=C(O)CCCCSc1nc(-c2ccccc2)c(-c2ccccc2)[nH]1. The molecule has 0 fully saturated rings. The van der Waals surface area contributed by atoms with Crippen LogP contribution in [0, 0.1) is 0 Å². The number of carbonyl (C=O) groups is 1. The zero-order chi connectivity index (χ0) is 17.5. The zero-order valence-electron chi connectivity index (χ0n) is 13.8. The maximum Gasteiger partial charge on any atom is 0.303 e. The van der Waals surface area contributed by atoms with Crippen LogP contribution in [-0.4, -0.2) is 26.8 Å². The number of nitrogens with one attached hydrogen (secondary N) is 1. The van der Waals surface area contributed by atoms with E-state index in [-0.39, 0.29) is 6.42 Å². The molecule has 3 rings (SSSR count). The normalized spacial score (nSPS) is 10.7. The third kappa shape index (κ3) is 4.73. The van der Waals surface area contributed by atoms with E-state index in [2.05, 4.69) is 29.2 Å². The maximum absolute atomic E-state index is 10.6. The quantitative estimate of drug-likeness (QED) is 0.438. The van der Waals surface area contributed by atoms with Crippen LogP contribution in [0.4, 0.5) is 0 Å². The molecule has 0 aliphatic heterocycles. The predicted octanol–water partition coefficient (Wildman–Crippen LogP) is 5.09. The van der Waals surface area contributed by atoms with E-state index >= 15 is 0 Å². The van der Waals surface area contributed by atoms with Gasteiger partial charge >= 0.3 is 5.97 Å². The number of imidazole rings is 1. The highest BCUT2D eigenvalue weighted by Crippen LogP contribution is 2.32. The van der Waals surface area contributed by atoms with E-state index in [1.165, 1.54) is 0 Å². The van der Waals surface area contributed by atoms with Crippen LogP contribution in [0.15, 0.2) is 65.8 Å². The lowest BCUT2D eigenvalue weighted by molar-refractivity contribution is -0.137. The number of thioether (sulfide) groups is 1. The molecule has 4 nitrogen and oxygen atoms in total. The van der Waals surface area contributed by atoms with Crippen molar-refractivity contribution >= 4 is 17.7 Å². The minimum atomic E-state index is -0.735. The molecule has 0 unspecified atom stereocenters. The van der Waals surface area contributed by atoms with Gasteiger partial charge in [-0.2, -0.15) is 0 Å². The third-order valence-corrected chi connectivity index (χ3v) is 4.78. The van der Waals surface area contributed by atoms with E-state index in [9.17, 15) is 4.79 Å². The highest BCUT2D eigenvalue weighted by Gasteiger charge is 2.14. The number of nitrogens with zero attached hydrogens (tertiary/aromatic N) is 1. The molecule has 0 spiro atoms. The second kappa shape index (κ2) is 8.53. The van der Waals surface area contributed by atoms with E-state index in [1.807, 2.05) is 36.4 Å². The fraction of sp³-hybridized carbons (Fsp3) is 0.200. The smallest absolute Gasteiger partial charge is 0.303 e. The Morgan fingerprint density at radius 3 is 2.24 bits per heavy atom. The Balaban J connectivity index is 1.79. The molecule has 5 heteroatoms. The first kappa shape index (κ1) is 17.3. The van der Waals surface area contributed by atoms with Gasteiger partial charge in [-0.05, 0) is 12.8 Å². The molecule has 3 aromatic rings. The minimum absolute atomic E-state index is 0.225. The molecule has 0 saturated carbocycles. The van der Waals surface area contributed by atoms with Gasteiger partial charge in [0.05, 0.1) is 11.4 Å². The molecule has 0 saturated heterocycles.